The first-order valence-electron chi connectivity index (χ1n) is 3.55. The van der Waals surface area contributed by atoms with Crippen LogP contribution in [0, 0.1) is 5.92 Å². The van der Waals surface area contributed by atoms with E-state index >= 15 is 0 Å². The lowest BCUT2D eigenvalue weighted by Crippen LogP contribution is -2.10. The summed E-state index contributed by atoms with van der Waals surface area (Å²) in [6, 6.07) is 0.212. The lowest BCUT2D eigenvalue weighted by molar-refractivity contribution is 0.661. The average molecular weight is 127 g/mol. The largest absolute Gasteiger partial charge is 0.325 e. The molecule has 0 aromatic heterocycles. The van der Waals surface area contributed by atoms with E-state index in [1.807, 2.05) is 13.0 Å². The molecule has 0 rings (SSSR count). The molecule has 0 aliphatic heterocycles. The van der Waals surface area contributed by atoms with Gasteiger partial charge in [0.2, 0.25) is 0 Å². The van der Waals surface area contributed by atoms with Gasteiger partial charge in [-0.15, -0.1) is 0 Å². The summed E-state index contributed by atoms with van der Waals surface area (Å²) < 4.78 is 0. The third-order valence-corrected chi connectivity index (χ3v) is 1.05. The van der Waals surface area contributed by atoms with Gasteiger partial charge in [0.15, 0.2) is 0 Å². The molecule has 1 nitrogen and oxygen atoms in total. The van der Waals surface area contributed by atoms with Crippen molar-refractivity contribution in [1.29, 1.82) is 0 Å². The van der Waals surface area contributed by atoms with E-state index in [9.17, 15) is 0 Å². The number of rotatable bonds is 3. The number of allylic oxidation sites excluding steroid dienone is 1. The molecular weight excluding hydrogens is 110 g/mol. The van der Waals surface area contributed by atoms with Gasteiger partial charge in [0, 0.05) is 6.04 Å². The molecule has 2 N–H and O–H groups in total. The summed E-state index contributed by atoms with van der Waals surface area (Å²) in [5.41, 5.74) is 5.49. The second-order valence-electron chi connectivity index (χ2n) is 2.92. The first kappa shape index (κ1) is 8.70. The molecule has 0 saturated carbocycles. The van der Waals surface area contributed by atoms with Crippen LogP contribution in [0.2, 0.25) is 0 Å². The predicted molar refractivity (Wildman–Crippen MR) is 42.2 cm³/mol. The molecule has 0 heterocycles. The summed E-state index contributed by atoms with van der Waals surface area (Å²) in [6.45, 7) is 6.38. The first-order valence-corrected chi connectivity index (χ1v) is 3.55. The molecule has 0 amide bonds. The maximum atomic E-state index is 5.49. The highest BCUT2D eigenvalue weighted by atomic mass is 14.6. The summed E-state index contributed by atoms with van der Waals surface area (Å²) in [6.07, 6.45) is 5.33. The Hall–Kier alpha value is -0.300. The van der Waals surface area contributed by atoms with Crippen molar-refractivity contribution in [1.82, 2.24) is 0 Å². The van der Waals surface area contributed by atoms with Gasteiger partial charge in [-0.3, -0.25) is 0 Å². The standard InChI is InChI=1S/C8H17N/c1-7(2)5-4-6-8(3)9/h4,6-8H,5,9H2,1-3H3/b6-4-. The predicted octanol–water partition coefficient (Wildman–Crippen LogP) is 1.94. The van der Waals surface area contributed by atoms with Crippen molar-refractivity contribution in [2.75, 3.05) is 0 Å². The molecule has 54 valence electrons. The van der Waals surface area contributed by atoms with E-state index in [1.54, 1.807) is 0 Å². The highest BCUT2D eigenvalue weighted by molar-refractivity contribution is 4.88. The molecule has 0 bridgehead atoms. The van der Waals surface area contributed by atoms with Crippen molar-refractivity contribution in [3.63, 3.8) is 0 Å². The van der Waals surface area contributed by atoms with E-state index in [2.05, 4.69) is 19.9 Å². The van der Waals surface area contributed by atoms with Gasteiger partial charge in [-0.1, -0.05) is 26.0 Å². The summed E-state index contributed by atoms with van der Waals surface area (Å²) >= 11 is 0. The van der Waals surface area contributed by atoms with Gasteiger partial charge >= 0.3 is 0 Å². The molecule has 1 atom stereocenters. The molecule has 0 aromatic carbocycles. The molecule has 0 saturated heterocycles. The van der Waals surface area contributed by atoms with Crippen LogP contribution in [0.5, 0.6) is 0 Å². The molecule has 1 unspecified atom stereocenters. The van der Waals surface area contributed by atoms with Crippen LogP contribution in [0.25, 0.3) is 0 Å². The third kappa shape index (κ3) is 7.70. The molecule has 0 spiro atoms. The van der Waals surface area contributed by atoms with Gasteiger partial charge in [0.05, 0.1) is 0 Å². The molecule has 1 heteroatoms. The highest BCUT2D eigenvalue weighted by Crippen LogP contribution is 1.99. The van der Waals surface area contributed by atoms with Gasteiger partial charge in [-0.2, -0.15) is 0 Å². The van der Waals surface area contributed by atoms with Crippen LogP contribution in [0.15, 0.2) is 12.2 Å². The second kappa shape index (κ2) is 4.57. The quantitative estimate of drug-likeness (QED) is 0.576. The van der Waals surface area contributed by atoms with Crippen molar-refractivity contribution in [2.24, 2.45) is 11.7 Å². The zero-order valence-electron chi connectivity index (χ0n) is 6.59. The minimum atomic E-state index is 0.212. The lowest BCUT2D eigenvalue weighted by atomic mass is 10.1. The second-order valence-corrected chi connectivity index (χ2v) is 2.92. The van der Waals surface area contributed by atoms with Crippen molar-refractivity contribution < 1.29 is 0 Å². The Balaban J connectivity index is 3.25. The van der Waals surface area contributed by atoms with E-state index in [-0.39, 0.29) is 6.04 Å². The van der Waals surface area contributed by atoms with E-state index in [1.165, 1.54) is 0 Å². The average Bonchev–Trinajstić information content (AvgIpc) is 1.63. The van der Waals surface area contributed by atoms with Gasteiger partial charge in [0.25, 0.3) is 0 Å². The molecule has 0 aromatic rings. The Morgan fingerprint density at radius 2 is 1.89 bits per heavy atom. The van der Waals surface area contributed by atoms with Gasteiger partial charge < -0.3 is 5.73 Å². The van der Waals surface area contributed by atoms with Crippen LogP contribution in [0.3, 0.4) is 0 Å². The van der Waals surface area contributed by atoms with Crippen molar-refractivity contribution in [2.45, 2.75) is 33.2 Å². The van der Waals surface area contributed by atoms with Gasteiger partial charge in [-0.05, 0) is 19.3 Å². The fourth-order valence-corrected chi connectivity index (χ4v) is 0.565. The van der Waals surface area contributed by atoms with E-state index in [0.29, 0.717) is 0 Å². The minimum absolute atomic E-state index is 0.212. The topological polar surface area (TPSA) is 26.0 Å². The van der Waals surface area contributed by atoms with Gasteiger partial charge in [-0.25, -0.2) is 0 Å². The summed E-state index contributed by atoms with van der Waals surface area (Å²) in [7, 11) is 0. The fraction of sp³-hybridized carbons (Fsp3) is 0.750. The van der Waals surface area contributed by atoms with Crippen molar-refractivity contribution >= 4 is 0 Å². The highest BCUT2D eigenvalue weighted by Gasteiger charge is 1.87. The Morgan fingerprint density at radius 1 is 1.33 bits per heavy atom. The molecule has 0 aliphatic rings. The Labute approximate surface area is 57.9 Å². The molecule has 0 aliphatic carbocycles. The molecular formula is C8H17N. The number of hydrogen-bond acceptors (Lipinski definition) is 1. The zero-order chi connectivity index (χ0) is 7.28. The summed E-state index contributed by atoms with van der Waals surface area (Å²) in [5.74, 6) is 0.750. The van der Waals surface area contributed by atoms with Crippen LogP contribution in [0.4, 0.5) is 0 Å². The summed E-state index contributed by atoms with van der Waals surface area (Å²) in [5, 5.41) is 0. The lowest BCUT2D eigenvalue weighted by Gasteiger charge is -1.97. The van der Waals surface area contributed by atoms with E-state index < -0.39 is 0 Å². The van der Waals surface area contributed by atoms with Crippen LogP contribution < -0.4 is 5.73 Å². The SMILES string of the molecule is CC(N)/C=C\CC(C)C. The normalized spacial score (nSPS) is 15.2. The third-order valence-electron chi connectivity index (χ3n) is 1.05. The maximum Gasteiger partial charge on any atom is 0.0194 e. The number of hydrogen-bond donors (Lipinski definition) is 1. The van der Waals surface area contributed by atoms with Crippen LogP contribution >= 0.6 is 0 Å². The minimum Gasteiger partial charge on any atom is -0.325 e. The Morgan fingerprint density at radius 3 is 2.22 bits per heavy atom. The maximum absolute atomic E-state index is 5.49. The van der Waals surface area contributed by atoms with Crippen LogP contribution in [0.1, 0.15) is 27.2 Å². The molecule has 0 radical (unpaired) electrons. The molecule has 9 heavy (non-hydrogen) atoms. The first-order chi connectivity index (χ1) is 4.13. The van der Waals surface area contributed by atoms with E-state index in [0.717, 1.165) is 12.3 Å². The number of nitrogens with two attached hydrogens (primary N) is 1. The fourth-order valence-electron chi connectivity index (χ4n) is 0.565. The van der Waals surface area contributed by atoms with Crippen molar-refractivity contribution in [3.05, 3.63) is 12.2 Å². The zero-order valence-corrected chi connectivity index (χ0v) is 6.59. The van der Waals surface area contributed by atoms with Crippen LogP contribution in [-0.4, -0.2) is 6.04 Å². The van der Waals surface area contributed by atoms with E-state index in [4.69, 9.17) is 5.73 Å². The van der Waals surface area contributed by atoms with Crippen LogP contribution in [-0.2, 0) is 0 Å². The Bertz CT molecular complexity index is 82.6. The van der Waals surface area contributed by atoms with Gasteiger partial charge in [0.1, 0.15) is 0 Å². The monoisotopic (exact) mass is 127 g/mol. The van der Waals surface area contributed by atoms with Crippen molar-refractivity contribution in [3.8, 4) is 0 Å². The Kier molecular flexibility index (Phi) is 4.41. The smallest absolute Gasteiger partial charge is 0.0194 e. The molecule has 0 fully saturated rings. The summed E-state index contributed by atoms with van der Waals surface area (Å²) in [4.78, 5) is 0.